The van der Waals surface area contributed by atoms with E-state index in [0.717, 1.165) is 36.0 Å². The Balaban J connectivity index is 2.55. The van der Waals surface area contributed by atoms with Crippen LogP contribution in [0.1, 0.15) is 56.7 Å². The molecule has 0 bridgehead atoms. The molecule has 1 aromatic carbocycles. The van der Waals surface area contributed by atoms with Crippen LogP contribution < -0.4 is 0 Å². The highest BCUT2D eigenvalue weighted by molar-refractivity contribution is 5.49. The van der Waals surface area contributed by atoms with E-state index in [-0.39, 0.29) is 5.41 Å². The SMILES string of the molecule is Cc1cc(C(C)(C)C)c(O)cc1C1(N=C=O)CCC1. The van der Waals surface area contributed by atoms with Crippen molar-refractivity contribution in [3.05, 3.63) is 28.8 Å². The van der Waals surface area contributed by atoms with Gasteiger partial charge in [-0.3, -0.25) is 0 Å². The van der Waals surface area contributed by atoms with Crippen molar-refractivity contribution in [3.8, 4) is 5.75 Å². The summed E-state index contributed by atoms with van der Waals surface area (Å²) in [5, 5.41) is 10.3. The highest BCUT2D eigenvalue weighted by Crippen LogP contribution is 2.48. The summed E-state index contributed by atoms with van der Waals surface area (Å²) in [6.07, 6.45) is 4.47. The second-order valence-electron chi connectivity index (χ2n) is 6.52. The van der Waals surface area contributed by atoms with E-state index in [1.54, 1.807) is 12.1 Å². The van der Waals surface area contributed by atoms with Crippen LogP contribution in [-0.4, -0.2) is 11.2 Å². The monoisotopic (exact) mass is 259 g/mol. The molecular weight excluding hydrogens is 238 g/mol. The molecule has 1 N–H and O–H groups in total. The zero-order valence-electron chi connectivity index (χ0n) is 12.1. The van der Waals surface area contributed by atoms with E-state index < -0.39 is 5.54 Å². The normalized spacial score (nSPS) is 17.5. The molecule has 0 spiro atoms. The lowest BCUT2D eigenvalue weighted by molar-refractivity contribution is 0.253. The summed E-state index contributed by atoms with van der Waals surface area (Å²) in [4.78, 5) is 14.7. The van der Waals surface area contributed by atoms with Gasteiger partial charge >= 0.3 is 0 Å². The summed E-state index contributed by atoms with van der Waals surface area (Å²) in [6, 6.07) is 3.81. The first-order valence-electron chi connectivity index (χ1n) is 6.74. The zero-order chi connectivity index (χ0) is 14.3. The van der Waals surface area contributed by atoms with Crippen molar-refractivity contribution in [3.63, 3.8) is 0 Å². The lowest BCUT2D eigenvalue weighted by atomic mass is 9.70. The number of isocyanates is 1. The van der Waals surface area contributed by atoms with Crippen molar-refractivity contribution >= 4 is 6.08 Å². The number of carbonyl (C=O) groups excluding carboxylic acids is 1. The molecule has 0 amide bonds. The van der Waals surface area contributed by atoms with Crippen LogP contribution in [0.5, 0.6) is 5.75 Å². The number of hydrogen-bond donors (Lipinski definition) is 1. The Morgan fingerprint density at radius 3 is 2.37 bits per heavy atom. The van der Waals surface area contributed by atoms with Gasteiger partial charge in [0.1, 0.15) is 5.75 Å². The average Bonchev–Trinajstić information content (AvgIpc) is 2.25. The Hall–Kier alpha value is -1.60. The van der Waals surface area contributed by atoms with Crippen LogP contribution in [0, 0.1) is 6.92 Å². The van der Waals surface area contributed by atoms with Crippen LogP contribution in [0.25, 0.3) is 0 Å². The lowest BCUT2D eigenvalue weighted by Gasteiger charge is -2.38. The zero-order valence-corrected chi connectivity index (χ0v) is 12.1. The highest BCUT2D eigenvalue weighted by atomic mass is 16.3. The molecule has 0 radical (unpaired) electrons. The van der Waals surface area contributed by atoms with E-state index in [4.69, 9.17) is 0 Å². The van der Waals surface area contributed by atoms with E-state index in [1.165, 1.54) is 0 Å². The predicted octanol–water partition coefficient (Wildman–Crippen LogP) is 3.71. The summed E-state index contributed by atoms with van der Waals surface area (Å²) >= 11 is 0. The van der Waals surface area contributed by atoms with Gasteiger partial charge in [0.15, 0.2) is 0 Å². The first kappa shape index (κ1) is 13.8. The third kappa shape index (κ3) is 2.31. The van der Waals surface area contributed by atoms with Crippen molar-refractivity contribution in [2.75, 3.05) is 0 Å². The molecule has 1 aromatic rings. The molecule has 0 aliphatic heterocycles. The summed E-state index contributed by atoms with van der Waals surface area (Å²) in [5.74, 6) is 0.292. The third-order valence-electron chi connectivity index (χ3n) is 4.09. The number of hydrogen-bond acceptors (Lipinski definition) is 3. The second kappa shape index (κ2) is 4.50. The molecule has 102 valence electrons. The van der Waals surface area contributed by atoms with Crippen molar-refractivity contribution in [1.29, 1.82) is 0 Å². The topological polar surface area (TPSA) is 49.7 Å². The Bertz CT molecular complexity index is 545. The molecule has 3 nitrogen and oxygen atoms in total. The number of rotatable bonds is 2. The average molecular weight is 259 g/mol. The Morgan fingerprint density at radius 1 is 1.32 bits per heavy atom. The van der Waals surface area contributed by atoms with Crippen molar-refractivity contribution in [2.24, 2.45) is 4.99 Å². The quantitative estimate of drug-likeness (QED) is 0.650. The largest absolute Gasteiger partial charge is 0.508 e. The standard InChI is InChI=1S/C16H21NO2/c1-11-8-13(15(2,3)4)14(19)9-12(11)16(17-10-18)6-5-7-16/h8-9,19H,5-7H2,1-4H3. The maximum Gasteiger partial charge on any atom is 0.235 e. The molecular formula is C16H21NO2. The summed E-state index contributed by atoms with van der Waals surface area (Å²) in [5.41, 5.74) is 2.43. The van der Waals surface area contributed by atoms with E-state index in [9.17, 15) is 9.90 Å². The maximum absolute atomic E-state index is 10.7. The van der Waals surface area contributed by atoms with Gasteiger partial charge in [0.05, 0.1) is 5.54 Å². The molecule has 2 rings (SSSR count). The number of aromatic hydroxyl groups is 1. The van der Waals surface area contributed by atoms with Gasteiger partial charge in [-0.2, -0.15) is 4.99 Å². The molecule has 3 heteroatoms. The van der Waals surface area contributed by atoms with Gasteiger partial charge in [-0.25, -0.2) is 4.79 Å². The van der Waals surface area contributed by atoms with Crippen LogP contribution in [0.2, 0.25) is 0 Å². The fourth-order valence-electron chi connectivity index (χ4n) is 2.84. The summed E-state index contributed by atoms with van der Waals surface area (Å²) < 4.78 is 0. The van der Waals surface area contributed by atoms with Crippen LogP contribution in [0.4, 0.5) is 0 Å². The molecule has 19 heavy (non-hydrogen) atoms. The fourth-order valence-corrected chi connectivity index (χ4v) is 2.84. The summed E-state index contributed by atoms with van der Waals surface area (Å²) in [7, 11) is 0. The molecule has 1 saturated carbocycles. The van der Waals surface area contributed by atoms with Gasteiger partial charge < -0.3 is 5.11 Å². The van der Waals surface area contributed by atoms with Crippen molar-refractivity contribution in [2.45, 2.75) is 57.9 Å². The maximum atomic E-state index is 10.7. The van der Waals surface area contributed by atoms with Gasteiger partial charge in [0.2, 0.25) is 6.08 Å². The van der Waals surface area contributed by atoms with Gasteiger partial charge in [-0.1, -0.05) is 26.8 Å². The van der Waals surface area contributed by atoms with Crippen LogP contribution in [-0.2, 0) is 15.7 Å². The lowest BCUT2D eigenvalue weighted by Crippen LogP contribution is -2.33. The molecule has 1 aliphatic carbocycles. The fraction of sp³-hybridized carbons (Fsp3) is 0.562. The van der Waals surface area contributed by atoms with Crippen LogP contribution >= 0.6 is 0 Å². The van der Waals surface area contributed by atoms with Crippen LogP contribution in [0.15, 0.2) is 17.1 Å². The number of benzene rings is 1. The highest BCUT2D eigenvalue weighted by Gasteiger charge is 2.40. The Morgan fingerprint density at radius 2 is 1.95 bits per heavy atom. The van der Waals surface area contributed by atoms with Crippen molar-refractivity contribution in [1.82, 2.24) is 0 Å². The number of aliphatic imine (C=N–C) groups is 1. The molecule has 0 saturated heterocycles. The minimum absolute atomic E-state index is 0.103. The number of aryl methyl sites for hydroxylation is 1. The number of phenolic OH excluding ortho intramolecular Hbond substituents is 1. The molecule has 0 unspecified atom stereocenters. The van der Waals surface area contributed by atoms with E-state index in [2.05, 4.69) is 25.8 Å². The second-order valence-corrected chi connectivity index (χ2v) is 6.52. The molecule has 0 atom stereocenters. The van der Waals surface area contributed by atoms with Gasteiger partial charge in [-0.15, -0.1) is 0 Å². The smallest absolute Gasteiger partial charge is 0.235 e. The Labute approximate surface area is 114 Å². The molecule has 1 fully saturated rings. The first-order chi connectivity index (χ1) is 8.80. The number of nitrogens with zero attached hydrogens (tertiary/aromatic N) is 1. The van der Waals surface area contributed by atoms with Gasteiger partial charge in [-0.05, 0) is 54.4 Å². The predicted molar refractivity (Wildman–Crippen MR) is 75.2 cm³/mol. The minimum Gasteiger partial charge on any atom is -0.508 e. The van der Waals surface area contributed by atoms with Gasteiger partial charge in [0.25, 0.3) is 0 Å². The number of phenols is 1. The van der Waals surface area contributed by atoms with E-state index in [1.807, 2.05) is 13.0 Å². The van der Waals surface area contributed by atoms with E-state index >= 15 is 0 Å². The van der Waals surface area contributed by atoms with Crippen molar-refractivity contribution < 1.29 is 9.90 Å². The van der Waals surface area contributed by atoms with Gasteiger partial charge in [0, 0.05) is 0 Å². The molecule has 1 aliphatic rings. The first-order valence-corrected chi connectivity index (χ1v) is 6.74. The third-order valence-corrected chi connectivity index (χ3v) is 4.09. The Kier molecular flexibility index (Phi) is 3.27. The van der Waals surface area contributed by atoms with E-state index in [0.29, 0.717) is 5.75 Å². The van der Waals surface area contributed by atoms with Crippen LogP contribution in [0.3, 0.4) is 0 Å². The summed E-state index contributed by atoms with van der Waals surface area (Å²) in [6.45, 7) is 8.24. The minimum atomic E-state index is -0.445. The molecule has 0 aromatic heterocycles. The molecule has 0 heterocycles.